The lowest BCUT2D eigenvalue weighted by Gasteiger charge is -2.14. The zero-order valence-electron chi connectivity index (χ0n) is 9.86. The van der Waals surface area contributed by atoms with Gasteiger partial charge >= 0.3 is 5.97 Å². The van der Waals surface area contributed by atoms with E-state index >= 15 is 0 Å². The molecule has 0 atom stereocenters. The molecule has 0 aromatic heterocycles. The van der Waals surface area contributed by atoms with Crippen molar-refractivity contribution in [2.24, 2.45) is 0 Å². The molecule has 6 nitrogen and oxygen atoms in total. The number of hydrogen-bond donors (Lipinski definition) is 2. The molecule has 0 unspecified atom stereocenters. The molecule has 0 fully saturated rings. The van der Waals surface area contributed by atoms with E-state index in [1.807, 2.05) is 6.08 Å². The van der Waals surface area contributed by atoms with E-state index in [1.54, 1.807) is 6.92 Å². The van der Waals surface area contributed by atoms with Crippen LogP contribution in [0.4, 0.5) is 0 Å². The predicted molar refractivity (Wildman–Crippen MR) is 64.0 cm³/mol. The number of ether oxygens (including phenoxy) is 1. The lowest BCUT2D eigenvalue weighted by molar-refractivity contribution is -0.139. The minimum atomic E-state index is -3.59. The van der Waals surface area contributed by atoms with Crippen molar-refractivity contribution in [2.45, 2.75) is 13.3 Å². The second kappa shape index (κ2) is 6.73. The normalized spacial score (nSPS) is 16.4. The first-order valence-corrected chi connectivity index (χ1v) is 7.20. The van der Waals surface area contributed by atoms with Crippen LogP contribution in [0, 0.1) is 0 Å². The fourth-order valence-corrected chi connectivity index (χ4v) is 2.34. The molecule has 98 valence electrons. The van der Waals surface area contributed by atoms with E-state index in [2.05, 4.69) is 14.8 Å². The Bertz CT molecular complexity index is 389. The molecule has 0 amide bonds. The Kier molecular flexibility index (Phi) is 5.60. The average molecular weight is 262 g/mol. The summed E-state index contributed by atoms with van der Waals surface area (Å²) in [5, 5.41) is 3.13. The molecule has 0 aromatic rings. The van der Waals surface area contributed by atoms with Crippen LogP contribution in [0.25, 0.3) is 0 Å². The highest BCUT2D eigenvalue weighted by molar-refractivity contribution is 7.90. The number of carbonyl (C=O) groups is 1. The Hall–Kier alpha value is -0.920. The highest BCUT2D eigenvalue weighted by Gasteiger charge is 2.17. The lowest BCUT2D eigenvalue weighted by atomic mass is 10.1. The van der Waals surface area contributed by atoms with E-state index < -0.39 is 21.7 Å². The topological polar surface area (TPSA) is 84.5 Å². The van der Waals surface area contributed by atoms with Crippen LogP contribution in [0.2, 0.25) is 0 Å². The highest BCUT2D eigenvalue weighted by atomic mass is 32.2. The first-order valence-electron chi connectivity index (χ1n) is 5.55. The Morgan fingerprint density at radius 1 is 1.59 bits per heavy atom. The van der Waals surface area contributed by atoms with Crippen LogP contribution in [-0.2, 0) is 19.6 Å². The summed E-state index contributed by atoms with van der Waals surface area (Å²) < 4.78 is 30.0. The van der Waals surface area contributed by atoms with Crippen LogP contribution in [0.15, 0.2) is 11.6 Å². The van der Waals surface area contributed by atoms with Gasteiger partial charge < -0.3 is 10.1 Å². The summed E-state index contributed by atoms with van der Waals surface area (Å²) in [6.07, 6.45) is 2.78. The van der Waals surface area contributed by atoms with E-state index in [-0.39, 0.29) is 13.2 Å². The van der Waals surface area contributed by atoms with Crippen LogP contribution in [0.5, 0.6) is 0 Å². The first kappa shape index (κ1) is 14.1. The third-order valence-electron chi connectivity index (χ3n) is 2.29. The Morgan fingerprint density at radius 3 is 2.94 bits per heavy atom. The van der Waals surface area contributed by atoms with Crippen LogP contribution < -0.4 is 10.0 Å². The lowest BCUT2D eigenvalue weighted by Crippen LogP contribution is -2.34. The molecule has 0 bridgehead atoms. The SMILES string of the molecule is CCOC(=O)CS(=O)(=O)NCC1=CCNCC1. The van der Waals surface area contributed by atoms with Gasteiger partial charge in [-0.2, -0.15) is 0 Å². The Balaban J connectivity index is 2.38. The van der Waals surface area contributed by atoms with Gasteiger partial charge in [0.1, 0.15) is 0 Å². The summed E-state index contributed by atoms with van der Waals surface area (Å²) >= 11 is 0. The van der Waals surface area contributed by atoms with E-state index in [1.165, 1.54) is 0 Å². The van der Waals surface area contributed by atoms with E-state index in [9.17, 15) is 13.2 Å². The van der Waals surface area contributed by atoms with Gasteiger partial charge in [0.05, 0.1) is 6.61 Å². The summed E-state index contributed by atoms with van der Waals surface area (Å²) in [6.45, 7) is 3.70. The third-order valence-corrected chi connectivity index (χ3v) is 3.49. The Morgan fingerprint density at radius 2 is 2.35 bits per heavy atom. The van der Waals surface area contributed by atoms with Crippen LogP contribution in [0.1, 0.15) is 13.3 Å². The quantitative estimate of drug-likeness (QED) is 0.493. The molecule has 17 heavy (non-hydrogen) atoms. The van der Waals surface area contributed by atoms with E-state index in [0.717, 1.165) is 25.1 Å². The van der Waals surface area contributed by atoms with Gasteiger partial charge in [-0.15, -0.1) is 0 Å². The van der Waals surface area contributed by atoms with Crippen molar-refractivity contribution >= 4 is 16.0 Å². The van der Waals surface area contributed by atoms with Crippen LogP contribution in [-0.4, -0.2) is 46.4 Å². The largest absolute Gasteiger partial charge is 0.465 e. The maximum atomic E-state index is 11.5. The number of carbonyl (C=O) groups excluding carboxylic acids is 1. The zero-order valence-corrected chi connectivity index (χ0v) is 10.7. The number of sulfonamides is 1. The minimum absolute atomic E-state index is 0.186. The number of rotatable bonds is 6. The van der Waals surface area contributed by atoms with Crippen molar-refractivity contribution in [3.05, 3.63) is 11.6 Å². The maximum absolute atomic E-state index is 11.5. The van der Waals surface area contributed by atoms with Gasteiger partial charge in [0.25, 0.3) is 0 Å². The first-order chi connectivity index (χ1) is 8.03. The van der Waals surface area contributed by atoms with Gasteiger partial charge in [-0.3, -0.25) is 4.79 Å². The van der Waals surface area contributed by atoms with Crippen molar-refractivity contribution in [3.63, 3.8) is 0 Å². The monoisotopic (exact) mass is 262 g/mol. The molecule has 1 rings (SSSR count). The zero-order chi connectivity index (χ0) is 12.7. The molecule has 1 aliphatic heterocycles. The third kappa shape index (κ3) is 5.81. The molecular weight excluding hydrogens is 244 g/mol. The minimum Gasteiger partial charge on any atom is -0.465 e. The standard InChI is InChI=1S/C10H18N2O4S/c1-2-16-10(13)8-17(14,15)12-7-9-3-5-11-6-4-9/h3,11-12H,2,4-8H2,1H3. The number of esters is 1. The molecule has 0 aliphatic carbocycles. The summed E-state index contributed by atoms with van der Waals surface area (Å²) in [6, 6.07) is 0. The summed E-state index contributed by atoms with van der Waals surface area (Å²) in [5.41, 5.74) is 1.04. The number of hydrogen-bond acceptors (Lipinski definition) is 5. The van der Waals surface area contributed by atoms with Crippen LogP contribution in [0.3, 0.4) is 0 Å². The molecule has 0 spiro atoms. The molecule has 0 saturated carbocycles. The Labute approximate surface area is 101 Å². The summed E-state index contributed by atoms with van der Waals surface area (Å²) in [7, 11) is -3.59. The number of nitrogens with one attached hydrogen (secondary N) is 2. The summed E-state index contributed by atoms with van der Waals surface area (Å²) in [4.78, 5) is 11.0. The van der Waals surface area contributed by atoms with Crippen molar-refractivity contribution in [3.8, 4) is 0 Å². The molecule has 2 N–H and O–H groups in total. The second-order valence-corrected chi connectivity index (χ2v) is 5.51. The van der Waals surface area contributed by atoms with Crippen molar-refractivity contribution in [2.75, 3.05) is 32.0 Å². The second-order valence-electron chi connectivity index (χ2n) is 3.70. The average Bonchev–Trinajstić information content (AvgIpc) is 2.27. The van der Waals surface area contributed by atoms with Gasteiger partial charge in [-0.05, 0) is 19.9 Å². The molecule has 0 aromatic carbocycles. The van der Waals surface area contributed by atoms with Gasteiger partial charge in [-0.25, -0.2) is 13.1 Å². The molecule has 1 heterocycles. The van der Waals surface area contributed by atoms with Gasteiger partial charge in [-0.1, -0.05) is 11.6 Å². The van der Waals surface area contributed by atoms with Crippen molar-refractivity contribution in [1.82, 2.24) is 10.0 Å². The molecule has 1 aliphatic rings. The fourth-order valence-electron chi connectivity index (χ4n) is 1.44. The van der Waals surface area contributed by atoms with E-state index in [0.29, 0.717) is 0 Å². The highest BCUT2D eigenvalue weighted by Crippen LogP contribution is 2.03. The van der Waals surface area contributed by atoms with Crippen molar-refractivity contribution < 1.29 is 17.9 Å². The summed E-state index contributed by atoms with van der Waals surface area (Å²) in [5.74, 6) is -1.34. The van der Waals surface area contributed by atoms with Crippen molar-refractivity contribution in [1.29, 1.82) is 0 Å². The smallest absolute Gasteiger partial charge is 0.322 e. The maximum Gasteiger partial charge on any atom is 0.322 e. The van der Waals surface area contributed by atoms with E-state index in [4.69, 9.17) is 0 Å². The molecule has 7 heteroatoms. The molecular formula is C10H18N2O4S. The fraction of sp³-hybridized carbons (Fsp3) is 0.700. The molecule has 0 saturated heterocycles. The van der Waals surface area contributed by atoms with Gasteiger partial charge in [0.2, 0.25) is 10.0 Å². The predicted octanol–water partition coefficient (Wildman–Crippen LogP) is -0.611. The van der Waals surface area contributed by atoms with Gasteiger partial charge in [0, 0.05) is 13.1 Å². The van der Waals surface area contributed by atoms with Gasteiger partial charge in [0.15, 0.2) is 5.75 Å². The molecule has 0 radical (unpaired) electrons. The van der Waals surface area contributed by atoms with Crippen LogP contribution >= 0.6 is 0 Å².